The number of aliphatic carboxylic acids is 1. The third kappa shape index (κ3) is 3.89. The van der Waals surface area contributed by atoms with Gasteiger partial charge in [0.1, 0.15) is 5.75 Å². The Labute approximate surface area is 125 Å². The van der Waals surface area contributed by atoms with Gasteiger partial charge in [-0.1, -0.05) is 25.4 Å². The average molecular weight is 299 g/mol. The summed E-state index contributed by atoms with van der Waals surface area (Å²) in [5.74, 6) is -0.0915. The van der Waals surface area contributed by atoms with E-state index in [0.29, 0.717) is 11.6 Å². The summed E-state index contributed by atoms with van der Waals surface area (Å²) in [6.45, 7) is 8.54. The minimum absolute atomic E-state index is 0.0718. The highest BCUT2D eigenvalue weighted by atomic mass is 35.5. The molecule has 3 nitrogen and oxygen atoms in total. The van der Waals surface area contributed by atoms with Crippen LogP contribution in [0.25, 0.3) is 0 Å². The lowest BCUT2D eigenvalue weighted by molar-refractivity contribution is -0.137. The molecule has 0 spiro atoms. The van der Waals surface area contributed by atoms with E-state index in [9.17, 15) is 4.79 Å². The molecule has 0 bridgehead atoms. The van der Waals surface area contributed by atoms with Crippen molar-refractivity contribution in [3.8, 4) is 5.75 Å². The van der Waals surface area contributed by atoms with Crippen LogP contribution >= 0.6 is 11.6 Å². The first-order valence-corrected chi connectivity index (χ1v) is 7.44. The first-order chi connectivity index (χ1) is 9.42. The lowest BCUT2D eigenvalue weighted by Crippen LogP contribution is -2.10. The molecule has 0 aliphatic rings. The molecule has 1 unspecified atom stereocenters. The number of rotatable bonds is 7. The second-order valence-corrected chi connectivity index (χ2v) is 5.47. The predicted octanol–water partition coefficient (Wildman–Crippen LogP) is 4.71. The molecular weight excluding hydrogens is 276 g/mol. The van der Waals surface area contributed by atoms with E-state index < -0.39 is 5.97 Å². The normalized spacial score (nSPS) is 12.2. The average Bonchev–Trinajstić information content (AvgIpc) is 2.40. The molecule has 0 radical (unpaired) electrons. The molecule has 1 aromatic carbocycles. The Morgan fingerprint density at radius 2 is 2.05 bits per heavy atom. The molecule has 20 heavy (non-hydrogen) atoms. The second-order valence-electron chi connectivity index (χ2n) is 5.10. The highest BCUT2D eigenvalue weighted by molar-refractivity contribution is 6.32. The molecule has 0 aliphatic heterocycles. The number of hydrogen-bond donors (Lipinski definition) is 1. The van der Waals surface area contributed by atoms with E-state index in [1.165, 1.54) is 0 Å². The Bertz CT molecular complexity index is 483. The molecule has 4 heteroatoms. The molecule has 0 aliphatic carbocycles. The van der Waals surface area contributed by atoms with Crippen molar-refractivity contribution in [2.24, 2.45) is 0 Å². The van der Waals surface area contributed by atoms with Crippen LogP contribution in [-0.4, -0.2) is 17.7 Å². The lowest BCUT2D eigenvalue weighted by atomic mass is 9.88. The van der Waals surface area contributed by atoms with Gasteiger partial charge in [0, 0.05) is 10.6 Å². The zero-order valence-electron chi connectivity index (χ0n) is 12.6. The molecule has 0 aromatic heterocycles. The minimum Gasteiger partial charge on any atom is -0.493 e. The Balaban J connectivity index is 3.31. The van der Waals surface area contributed by atoms with Gasteiger partial charge in [-0.2, -0.15) is 0 Å². The van der Waals surface area contributed by atoms with E-state index in [1.807, 2.05) is 33.8 Å². The molecule has 0 saturated heterocycles. The third-order valence-corrected chi connectivity index (χ3v) is 4.06. The molecule has 1 rings (SSSR count). The van der Waals surface area contributed by atoms with Gasteiger partial charge >= 0.3 is 5.97 Å². The van der Waals surface area contributed by atoms with Crippen molar-refractivity contribution in [3.05, 3.63) is 27.8 Å². The second kappa shape index (κ2) is 7.53. The number of hydrogen-bond acceptors (Lipinski definition) is 2. The van der Waals surface area contributed by atoms with E-state index >= 15 is 0 Å². The summed E-state index contributed by atoms with van der Waals surface area (Å²) in [7, 11) is 0. The van der Waals surface area contributed by atoms with Gasteiger partial charge in [0.05, 0.1) is 13.0 Å². The summed E-state index contributed by atoms with van der Waals surface area (Å²) >= 11 is 6.32. The third-order valence-electron chi connectivity index (χ3n) is 3.48. The molecule has 112 valence electrons. The predicted molar refractivity (Wildman–Crippen MR) is 82.0 cm³/mol. The number of ether oxygens (including phenoxy) is 1. The first kappa shape index (κ1) is 16.8. The number of halogens is 1. The van der Waals surface area contributed by atoms with Gasteiger partial charge in [0.15, 0.2) is 0 Å². The zero-order chi connectivity index (χ0) is 15.3. The standard InChI is InChI=1S/C16H23ClO3/c1-5-7-20-13-8-10(3)16(17)11(4)15(13)12(6-2)9-14(18)19/h8,12H,5-7,9H2,1-4H3,(H,18,19). The van der Waals surface area contributed by atoms with Crippen LogP contribution in [-0.2, 0) is 4.79 Å². The fourth-order valence-corrected chi connectivity index (χ4v) is 2.59. The van der Waals surface area contributed by atoms with E-state index in [2.05, 4.69) is 0 Å². The van der Waals surface area contributed by atoms with E-state index in [4.69, 9.17) is 21.4 Å². The van der Waals surface area contributed by atoms with Crippen LogP contribution < -0.4 is 4.74 Å². The fraction of sp³-hybridized carbons (Fsp3) is 0.562. The molecule has 1 aromatic rings. The van der Waals surface area contributed by atoms with Crippen molar-refractivity contribution in [3.63, 3.8) is 0 Å². The maximum Gasteiger partial charge on any atom is 0.303 e. The summed E-state index contributed by atoms with van der Waals surface area (Å²) in [5.41, 5.74) is 2.84. The highest BCUT2D eigenvalue weighted by Gasteiger charge is 2.22. The summed E-state index contributed by atoms with van der Waals surface area (Å²) in [4.78, 5) is 11.1. The number of carboxylic acids is 1. The van der Waals surface area contributed by atoms with E-state index in [-0.39, 0.29) is 12.3 Å². The Morgan fingerprint density at radius 1 is 1.40 bits per heavy atom. The highest BCUT2D eigenvalue weighted by Crippen LogP contribution is 2.39. The van der Waals surface area contributed by atoms with E-state index in [1.54, 1.807) is 0 Å². The van der Waals surface area contributed by atoms with Crippen molar-refractivity contribution in [2.45, 2.75) is 52.9 Å². The van der Waals surface area contributed by atoms with Gasteiger partial charge in [-0.25, -0.2) is 0 Å². The molecule has 0 amide bonds. The lowest BCUT2D eigenvalue weighted by Gasteiger charge is -2.22. The van der Waals surface area contributed by atoms with Gasteiger partial charge < -0.3 is 9.84 Å². The van der Waals surface area contributed by atoms with Gasteiger partial charge in [0.25, 0.3) is 0 Å². The van der Waals surface area contributed by atoms with Gasteiger partial charge in [-0.15, -0.1) is 0 Å². The Hall–Kier alpha value is -1.22. The van der Waals surface area contributed by atoms with Crippen LogP contribution in [0.2, 0.25) is 5.02 Å². The van der Waals surface area contributed by atoms with Crippen LogP contribution in [0.3, 0.4) is 0 Å². The maximum absolute atomic E-state index is 11.1. The monoisotopic (exact) mass is 298 g/mol. The fourth-order valence-electron chi connectivity index (χ4n) is 2.44. The van der Waals surface area contributed by atoms with Gasteiger partial charge in [0.2, 0.25) is 0 Å². The number of carbonyl (C=O) groups is 1. The quantitative estimate of drug-likeness (QED) is 0.792. The SMILES string of the molecule is CCCOc1cc(C)c(Cl)c(C)c1C(CC)CC(=O)O. The molecule has 0 fully saturated rings. The summed E-state index contributed by atoms with van der Waals surface area (Å²) in [5, 5.41) is 9.79. The maximum atomic E-state index is 11.1. The van der Waals surface area contributed by atoms with Crippen molar-refractivity contribution in [1.82, 2.24) is 0 Å². The van der Waals surface area contributed by atoms with Crippen molar-refractivity contribution < 1.29 is 14.6 Å². The largest absolute Gasteiger partial charge is 0.493 e. The zero-order valence-corrected chi connectivity index (χ0v) is 13.4. The Morgan fingerprint density at radius 3 is 2.55 bits per heavy atom. The number of benzene rings is 1. The smallest absolute Gasteiger partial charge is 0.303 e. The van der Waals surface area contributed by atoms with Crippen LogP contribution in [0.4, 0.5) is 0 Å². The Kier molecular flexibility index (Phi) is 6.34. The van der Waals surface area contributed by atoms with Gasteiger partial charge in [-0.3, -0.25) is 4.79 Å². The van der Waals surface area contributed by atoms with E-state index in [0.717, 1.165) is 35.3 Å². The first-order valence-electron chi connectivity index (χ1n) is 7.06. The van der Waals surface area contributed by atoms with Crippen LogP contribution in [0.15, 0.2) is 6.07 Å². The van der Waals surface area contributed by atoms with Crippen molar-refractivity contribution in [2.75, 3.05) is 6.61 Å². The van der Waals surface area contributed by atoms with Gasteiger partial charge in [-0.05, 0) is 49.8 Å². The number of aryl methyl sites for hydroxylation is 1. The van der Waals surface area contributed by atoms with Crippen LogP contribution in [0, 0.1) is 13.8 Å². The van der Waals surface area contributed by atoms with Crippen LogP contribution in [0.5, 0.6) is 5.75 Å². The molecule has 1 N–H and O–H groups in total. The summed E-state index contributed by atoms with van der Waals surface area (Å²) in [6, 6.07) is 1.92. The van der Waals surface area contributed by atoms with Crippen LogP contribution in [0.1, 0.15) is 55.7 Å². The molecule has 0 saturated carbocycles. The minimum atomic E-state index is -0.797. The van der Waals surface area contributed by atoms with Crippen molar-refractivity contribution >= 4 is 17.6 Å². The van der Waals surface area contributed by atoms with Crippen molar-refractivity contribution in [1.29, 1.82) is 0 Å². The molecular formula is C16H23ClO3. The summed E-state index contributed by atoms with van der Waals surface area (Å²) < 4.78 is 5.82. The number of carboxylic acid groups (broad SMARTS) is 1. The topological polar surface area (TPSA) is 46.5 Å². The molecule has 0 heterocycles. The summed E-state index contributed by atoms with van der Waals surface area (Å²) in [6.07, 6.45) is 1.75. The molecule has 1 atom stereocenters.